The Morgan fingerprint density at radius 1 is 1.69 bits per heavy atom. The van der Waals surface area contributed by atoms with E-state index >= 15 is 0 Å². The van der Waals surface area contributed by atoms with Gasteiger partial charge in [-0.25, -0.2) is 4.98 Å². The fourth-order valence-corrected chi connectivity index (χ4v) is 0.991. The summed E-state index contributed by atoms with van der Waals surface area (Å²) in [4.78, 5) is 14.9. The van der Waals surface area contributed by atoms with E-state index in [2.05, 4.69) is 16.9 Å². The highest BCUT2D eigenvalue weighted by Gasteiger charge is 1.97. The van der Waals surface area contributed by atoms with E-state index in [1.807, 2.05) is 12.1 Å². The molecule has 68 valence electrons. The van der Waals surface area contributed by atoms with E-state index in [1.54, 1.807) is 12.1 Å². The summed E-state index contributed by atoms with van der Waals surface area (Å²) in [5, 5.41) is 2.62. The fraction of sp³-hybridized carbons (Fsp3) is 0.200. The Hall–Kier alpha value is -1.64. The van der Waals surface area contributed by atoms with Crippen LogP contribution in [0.15, 0.2) is 30.9 Å². The Labute approximate surface area is 77.5 Å². The first kappa shape index (κ1) is 9.45. The van der Waals surface area contributed by atoms with Crippen molar-refractivity contribution in [3.8, 4) is 0 Å². The van der Waals surface area contributed by atoms with Crippen LogP contribution in [0.1, 0.15) is 12.6 Å². The molecule has 0 unspecified atom stereocenters. The number of amides is 1. The molecule has 0 spiro atoms. The van der Waals surface area contributed by atoms with Gasteiger partial charge in [0.25, 0.3) is 0 Å². The van der Waals surface area contributed by atoms with Crippen molar-refractivity contribution in [3.05, 3.63) is 36.5 Å². The van der Waals surface area contributed by atoms with Gasteiger partial charge in [0.1, 0.15) is 5.82 Å². The molecule has 3 heteroatoms. The quantitative estimate of drug-likeness (QED) is 0.713. The van der Waals surface area contributed by atoms with Crippen LogP contribution in [0.4, 0.5) is 5.82 Å². The summed E-state index contributed by atoms with van der Waals surface area (Å²) in [6, 6.07) is 5.51. The predicted molar refractivity (Wildman–Crippen MR) is 52.4 cm³/mol. The summed E-state index contributed by atoms with van der Waals surface area (Å²) < 4.78 is 0. The van der Waals surface area contributed by atoms with Gasteiger partial charge in [0.05, 0.1) is 0 Å². The molecule has 0 saturated heterocycles. The van der Waals surface area contributed by atoms with Crippen LogP contribution in [0.3, 0.4) is 0 Å². The maximum absolute atomic E-state index is 10.7. The van der Waals surface area contributed by atoms with E-state index in [0.717, 1.165) is 5.69 Å². The van der Waals surface area contributed by atoms with Gasteiger partial charge in [0.2, 0.25) is 5.91 Å². The molecule has 13 heavy (non-hydrogen) atoms. The number of anilines is 1. The molecule has 0 atom stereocenters. The minimum atomic E-state index is -0.108. The maximum atomic E-state index is 10.7. The third-order valence-corrected chi connectivity index (χ3v) is 1.46. The van der Waals surface area contributed by atoms with Crippen LogP contribution in [-0.2, 0) is 11.2 Å². The van der Waals surface area contributed by atoms with Gasteiger partial charge >= 0.3 is 0 Å². The highest BCUT2D eigenvalue weighted by Crippen LogP contribution is 2.05. The number of allylic oxidation sites excluding steroid dienone is 1. The van der Waals surface area contributed by atoms with Crippen LogP contribution in [0.25, 0.3) is 0 Å². The lowest BCUT2D eigenvalue weighted by molar-refractivity contribution is -0.114. The third kappa shape index (κ3) is 3.07. The largest absolute Gasteiger partial charge is 0.311 e. The van der Waals surface area contributed by atoms with Crippen molar-refractivity contribution >= 4 is 11.7 Å². The number of rotatable bonds is 3. The van der Waals surface area contributed by atoms with Gasteiger partial charge in [-0.3, -0.25) is 4.79 Å². The summed E-state index contributed by atoms with van der Waals surface area (Å²) in [5.41, 5.74) is 0.904. The van der Waals surface area contributed by atoms with Crippen molar-refractivity contribution in [3.63, 3.8) is 0 Å². The molecule has 1 heterocycles. The smallest absolute Gasteiger partial charge is 0.222 e. The maximum Gasteiger partial charge on any atom is 0.222 e. The lowest BCUT2D eigenvalue weighted by Crippen LogP contribution is -2.07. The van der Waals surface area contributed by atoms with Crippen molar-refractivity contribution in [2.45, 2.75) is 13.3 Å². The number of pyridine rings is 1. The molecule has 0 aliphatic carbocycles. The minimum absolute atomic E-state index is 0.108. The number of hydrogen-bond acceptors (Lipinski definition) is 2. The average molecular weight is 176 g/mol. The topological polar surface area (TPSA) is 42.0 Å². The summed E-state index contributed by atoms with van der Waals surface area (Å²) in [6.45, 7) is 5.08. The van der Waals surface area contributed by atoms with Crippen molar-refractivity contribution < 1.29 is 4.79 Å². The zero-order chi connectivity index (χ0) is 9.68. The van der Waals surface area contributed by atoms with E-state index < -0.39 is 0 Å². The molecule has 1 rings (SSSR count). The molecule has 1 aromatic heterocycles. The first-order valence-corrected chi connectivity index (χ1v) is 4.07. The molecule has 0 radical (unpaired) electrons. The molecule has 1 N–H and O–H groups in total. The molecular formula is C10H12N2O. The molecular weight excluding hydrogens is 164 g/mol. The zero-order valence-corrected chi connectivity index (χ0v) is 7.58. The molecule has 0 aliphatic heterocycles. The van der Waals surface area contributed by atoms with Gasteiger partial charge in [-0.1, -0.05) is 12.1 Å². The van der Waals surface area contributed by atoms with Gasteiger partial charge in [-0.2, -0.15) is 0 Å². The Bertz CT molecular complexity index is 320. The summed E-state index contributed by atoms with van der Waals surface area (Å²) >= 11 is 0. The van der Waals surface area contributed by atoms with Crippen LogP contribution in [0.5, 0.6) is 0 Å². The Kier molecular flexibility index (Phi) is 3.20. The fourth-order valence-electron chi connectivity index (χ4n) is 0.991. The number of carbonyl (C=O) groups excluding carboxylic acids is 1. The van der Waals surface area contributed by atoms with Gasteiger partial charge < -0.3 is 5.32 Å². The van der Waals surface area contributed by atoms with Gasteiger partial charge in [0.15, 0.2) is 0 Å². The van der Waals surface area contributed by atoms with Crippen molar-refractivity contribution in [1.82, 2.24) is 4.98 Å². The molecule has 1 amide bonds. The summed E-state index contributed by atoms with van der Waals surface area (Å²) in [5.74, 6) is 0.482. The van der Waals surface area contributed by atoms with Gasteiger partial charge in [0, 0.05) is 19.0 Å². The molecule has 3 nitrogen and oxygen atoms in total. The third-order valence-electron chi connectivity index (χ3n) is 1.46. The zero-order valence-electron chi connectivity index (χ0n) is 7.58. The molecule has 0 aliphatic rings. The first-order valence-electron chi connectivity index (χ1n) is 4.07. The van der Waals surface area contributed by atoms with Gasteiger partial charge in [-0.05, 0) is 12.1 Å². The van der Waals surface area contributed by atoms with E-state index in [1.165, 1.54) is 6.92 Å². The normalized spacial score (nSPS) is 9.31. The SMILES string of the molecule is C=CCc1cccc(NC(C)=O)n1. The van der Waals surface area contributed by atoms with Crippen LogP contribution in [0.2, 0.25) is 0 Å². The second kappa shape index (κ2) is 4.40. The second-order valence-corrected chi connectivity index (χ2v) is 2.69. The first-order chi connectivity index (χ1) is 6.22. The van der Waals surface area contributed by atoms with Crippen molar-refractivity contribution in [2.24, 2.45) is 0 Å². The predicted octanol–water partition coefficient (Wildman–Crippen LogP) is 1.77. The number of aromatic nitrogens is 1. The van der Waals surface area contributed by atoms with Crippen LogP contribution in [-0.4, -0.2) is 10.9 Å². The summed E-state index contributed by atoms with van der Waals surface area (Å²) in [6.07, 6.45) is 2.49. The highest BCUT2D eigenvalue weighted by atomic mass is 16.1. The summed E-state index contributed by atoms with van der Waals surface area (Å²) in [7, 11) is 0. The molecule has 0 saturated carbocycles. The molecule has 1 aromatic rings. The van der Waals surface area contributed by atoms with E-state index in [4.69, 9.17) is 0 Å². The highest BCUT2D eigenvalue weighted by molar-refractivity contribution is 5.87. The lowest BCUT2D eigenvalue weighted by atomic mass is 10.2. The van der Waals surface area contributed by atoms with E-state index in [-0.39, 0.29) is 5.91 Å². The number of carbonyl (C=O) groups is 1. The van der Waals surface area contributed by atoms with Crippen LogP contribution in [0, 0.1) is 0 Å². The lowest BCUT2D eigenvalue weighted by Gasteiger charge is -2.02. The molecule has 0 aromatic carbocycles. The van der Waals surface area contributed by atoms with E-state index in [9.17, 15) is 4.79 Å². The number of nitrogens with zero attached hydrogens (tertiary/aromatic N) is 1. The Morgan fingerprint density at radius 2 is 2.46 bits per heavy atom. The average Bonchev–Trinajstić information content (AvgIpc) is 2.04. The number of nitrogens with one attached hydrogen (secondary N) is 1. The van der Waals surface area contributed by atoms with E-state index in [0.29, 0.717) is 12.2 Å². The van der Waals surface area contributed by atoms with Crippen molar-refractivity contribution in [2.75, 3.05) is 5.32 Å². The molecule has 0 fully saturated rings. The second-order valence-electron chi connectivity index (χ2n) is 2.69. The molecule has 0 bridgehead atoms. The monoisotopic (exact) mass is 176 g/mol. The Morgan fingerprint density at radius 3 is 3.08 bits per heavy atom. The van der Waals surface area contributed by atoms with Gasteiger partial charge in [-0.15, -0.1) is 6.58 Å². The van der Waals surface area contributed by atoms with Crippen LogP contribution >= 0.6 is 0 Å². The Balaban J connectivity index is 2.78. The van der Waals surface area contributed by atoms with Crippen LogP contribution < -0.4 is 5.32 Å². The standard InChI is InChI=1S/C10H12N2O/c1-3-5-9-6-4-7-10(12-9)11-8(2)13/h3-4,6-7H,1,5H2,2H3,(H,11,12,13). The number of hydrogen-bond donors (Lipinski definition) is 1. The van der Waals surface area contributed by atoms with Crippen molar-refractivity contribution in [1.29, 1.82) is 0 Å². The minimum Gasteiger partial charge on any atom is -0.311 e.